The first kappa shape index (κ1) is 13.9. The molecule has 0 radical (unpaired) electrons. The van der Waals surface area contributed by atoms with Crippen LogP contribution in [0.15, 0.2) is 0 Å². The molecule has 0 bridgehead atoms. The van der Waals surface area contributed by atoms with Gasteiger partial charge in [-0.05, 0) is 44.6 Å². The van der Waals surface area contributed by atoms with Crippen molar-refractivity contribution in [2.45, 2.75) is 65.0 Å². The number of nitrogens with zero attached hydrogens (tertiary/aromatic N) is 1. The molecule has 0 aromatic rings. The lowest BCUT2D eigenvalue weighted by Crippen LogP contribution is -2.47. The second-order valence-electron chi connectivity index (χ2n) is 6.47. The molecule has 0 aromatic carbocycles. The van der Waals surface area contributed by atoms with Crippen LogP contribution in [-0.2, 0) is 4.79 Å². The lowest BCUT2D eigenvalue weighted by atomic mass is 9.77. The van der Waals surface area contributed by atoms with E-state index in [1.807, 2.05) is 0 Å². The molecule has 3 nitrogen and oxygen atoms in total. The van der Waals surface area contributed by atoms with Crippen LogP contribution >= 0.6 is 0 Å². The van der Waals surface area contributed by atoms with Crippen LogP contribution in [0.3, 0.4) is 0 Å². The largest absolute Gasteiger partial charge is 0.481 e. The summed E-state index contributed by atoms with van der Waals surface area (Å²) in [5.74, 6) is 0.710. The lowest BCUT2D eigenvalue weighted by molar-refractivity contribution is -0.142. The van der Waals surface area contributed by atoms with E-state index in [4.69, 9.17) is 0 Å². The fraction of sp³-hybridized carbons (Fsp3) is 0.933. The van der Waals surface area contributed by atoms with Crippen molar-refractivity contribution in [3.8, 4) is 0 Å². The number of hydrogen-bond acceptors (Lipinski definition) is 2. The molecule has 2 aliphatic rings. The first-order valence-corrected chi connectivity index (χ1v) is 7.51. The van der Waals surface area contributed by atoms with Crippen molar-refractivity contribution >= 4 is 5.97 Å². The summed E-state index contributed by atoms with van der Waals surface area (Å²) in [6.07, 6.45) is 6.08. The Morgan fingerprint density at radius 3 is 2.44 bits per heavy atom. The molecule has 4 atom stereocenters. The van der Waals surface area contributed by atoms with Gasteiger partial charge < -0.3 is 5.11 Å². The van der Waals surface area contributed by atoms with Gasteiger partial charge in [-0.15, -0.1) is 0 Å². The third-order valence-electron chi connectivity index (χ3n) is 5.18. The van der Waals surface area contributed by atoms with Crippen LogP contribution in [0.2, 0.25) is 0 Å². The number of carboxylic acids is 1. The Morgan fingerprint density at radius 2 is 1.89 bits per heavy atom. The van der Waals surface area contributed by atoms with Gasteiger partial charge in [0, 0.05) is 12.1 Å². The molecule has 2 rings (SSSR count). The monoisotopic (exact) mass is 253 g/mol. The molecular weight excluding hydrogens is 226 g/mol. The van der Waals surface area contributed by atoms with Gasteiger partial charge >= 0.3 is 5.97 Å². The highest BCUT2D eigenvalue weighted by molar-refractivity contribution is 5.71. The van der Waals surface area contributed by atoms with Gasteiger partial charge in [0.1, 0.15) is 0 Å². The fourth-order valence-corrected chi connectivity index (χ4v) is 4.09. The number of likely N-dealkylation sites (tertiary alicyclic amines) is 1. The summed E-state index contributed by atoms with van der Waals surface area (Å²) >= 11 is 0. The minimum atomic E-state index is -0.609. The van der Waals surface area contributed by atoms with E-state index in [0.717, 1.165) is 18.9 Å². The number of rotatable bonds is 3. The minimum absolute atomic E-state index is 0.153. The third kappa shape index (κ3) is 2.56. The number of aliphatic carboxylic acids is 1. The van der Waals surface area contributed by atoms with Crippen LogP contribution in [0.25, 0.3) is 0 Å². The molecule has 1 heterocycles. The fourth-order valence-electron chi connectivity index (χ4n) is 4.09. The quantitative estimate of drug-likeness (QED) is 0.840. The molecule has 1 aliphatic heterocycles. The standard InChI is InChI=1S/C15H27NO2/c1-10(2)12-6-4-5-7-14(12)16-9-8-13(11(16)3)15(17)18/h10-14H,4-9H2,1-3H3,(H,17,18). The van der Waals surface area contributed by atoms with E-state index >= 15 is 0 Å². The number of carboxylic acid groups (broad SMARTS) is 1. The maximum Gasteiger partial charge on any atom is 0.308 e. The predicted molar refractivity (Wildman–Crippen MR) is 72.5 cm³/mol. The van der Waals surface area contributed by atoms with E-state index in [2.05, 4.69) is 25.7 Å². The molecule has 4 unspecified atom stereocenters. The molecule has 2 fully saturated rings. The van der Waals surface area contributed by atoms with Crippen molar-refractivity contribution in [2.24, 2.45) is 17.8 Å². The summed E-state index contributed by atoms with van der Waals surface area (Å²) in [7, 11) is 0. The topological polar surface area (TPSA) is 40.5 Å². The zero-order valence-corrected chi connectivity index (χ0v) is 11.9. The highest BCUT2D eigenvalue weighted by atomic mass is 16.4. The SMILES string of the molecule is CC(C)C1CCCCC1N1CCC(C(=O)O)C1C. The Morgan fingerprint density at radius 1 is 1.22 bits per heavy atom. The van der Waals surface area contributed by atoms with Crippen LogP contribution in [0.4, 0.5) is 0 Å². The summed E-state index contributed by atoms with van der Waals surface area (Å²) in [4.78, 5) is 13.7. The van der Waals surface area contributed by atoms with Crippen LogP contribution in [-0.4, -0.2) is 34.6 Å². The predicted octanol–water partition coefficient (Wildman–Crippen LogP) is 3.00. The van der Waals surface area contributed by atoms with Crippen molar-refractivity contribution in [3.63, 3.8) is 0 Å². The Bertz CT molecular complexity index is 303. The second-order valence-corrected chi connectivity index (χ2v) is 6.47. The van der Waals surface area contributed by atoms with Gasteiger partial charge in [-0.3, -0.25) is 9.69 Å². The molecule has 0 aromatic heterocycles. The zero-order valence-electron chi connectivity index (χ0n) is 11.9. The van der Waals surface area contributed by atoms with Crippen molar-refractivity contribution < 1.29 is 9.90 Å². The smallest absolute Gasteiger partial charge is 0.308 e. The van der Waals surface area contributed by atoms with Crippen LogP contribution in [0.5, 0.6) is 0 Å². The normalized spacial score (nSPS) is 38.2. The van der Waals surface area contributed by atoms with Crippen molar-refractivity contribution in [2.75, 3.05) is 6.54 Å². The first-order chi connectivity index (χ1) is 8.52. The highest BCUT2D eigenvalue weighted by Gasteiger charge is 2.42. The summed E-state index contributed by atoms with van der Waals surface area (Å²) in [6.45, 7) is 7.72. The summed E-state index contributed by atoms with van der Waals surface area (Å²) < 4.78 is 0. The second kappa shape index (κ2) is 5.60. The Balaban J connectivity index is 2.08. The average molecular weight is 253 g/mol. The van der Waals surface area contributed by atoms with E-state index in [-0.39, 0.29) is 12.0 Å². The Hall–Kier alpha value is -0.570. The van der Waals surface area contributed by atoms with Crippen LogP contribution < -0.4 is 0 Å². The van der Waals surface area contributed by atoms with Crippen molar-refractivity contribution in [1.29, 1.82) is 0 Å². The third-order valence-corrected chi connectivity index (χ3v) is 5.18. The lowest BCUT2D eigenvalue weighted by Gasteiger charge is -2.42. The molecule has 1 saturated carbocycles. The molecule has 1 saturated heterocycles. The molecular formula is C15H27NO2. The van der Waals surface area contributed by atoms with E-state index in [1.54, 1.807) is 0 Å². The summed E-state index contributed by atoms with van der Waals surface area (Å²) in [6, 6.07) is 0.838. The van der Waals surface area contributed by atoms with Gasteiger partial charge in [0.05, 0.1) is 5.92 Å². The summed E-state index contributed by atoms with van der Waals surface area (Å²) in [5.41, 5.74) is 0. The van der Waals surface area contributed by atoms with Crippen molar-refractivity contribution in [1.82, 2.24) is 4.90 Å². The van der Waals surface area contributed by atoms with E-state index < -0.39 is 5.97 Å². The zero-order chi connectivity index (χ0) is 13.3. The van der Waals surface area contributed by atoms with Crippen LogP contribution in [0.1, 0.15) is 52.9 Å². The van der Waals surface area contributed by atoms with Gasteiger partial charge in [-0.1, -0.05) is 26.7 Å². The van der Waals surface area contributed by atoms with Gasteiger partial charge in [-0.2, -0.15) is 0 Å². The van der Waals surface area contributed by atoms with Gasteiger partial charge in [0.2, 0.25) is 0 Å². The van der Waals surface area contributed by atoms with E-state index in [0.29, 0.717) is 12.0 Å². The van der Waals surface area contributed by atoms with E-state index in [9.17, 15) is 9.90 Å². The maximum absolute atomic E-state index is 11.2. The Kier molecular flexibility index (Phi) is 4.31. The number of carbonyl (C=O) groups is 1. The molecule has 0 spiro atoms. The minimum Gasteiger partial charge on any atom is -0.481 e. The highest BCUT2D eigenvalue weighted by Crippen LogP contribution is 2.38. The molecule has 1 N–H and O–H groups in total. The van der Waals surface area contributed by atoms with Crippen LogP contribution in [0, 0.1) is 17.8 Å². The molecule has 18 heavy (non-hydrogen) atoms. The summed E-state index contributed by atoms with van der Waals surface area (Å²) in [5, 5.41) is 9.25. The van der Waals surface area contributed by atoms with E-state index in [1.165, 1.54) is 25.7 Å². The van der Waals surface area contributed by atoms with Gasteiger partial charge in [0.25, 0.3) is 0 Å². The van der Waals surface area contributed by atoms with Crippen molar-refractivity contribution in [3.05, 3.63) is 0 Å². The van der Waals surface area contributed by atoms with Gasteiger partial charge in [-0.25, -0.2) is 0 Å². The Labute approximate surface area is 111 Å². The maximum atomic E-state index is 11.2. The average Bonchev–Trinajstić information content (AvgIpc) is 2.71. The molecule has 104 valence electrons. The molecule has 0 amide bonds. The first-order valence-electron chi connectivity index (χ1n) is 7.51. The molecule has 3 heteroatoms. The number of hydrogen-bond donors (Lipinski definition) is 1. The van der Waals surface area contributed by atoms with Gasteiger partial charge in [0.15, 0.2) is 0 Å². The molecule has 1 aliphatic carbocycles.